The van der Waals surface area contributed by atoms with E-state index in [0.717, 1.165) is 12.0 Å². The fraction of sp³-hybridized carbons (Fsp3) is 0.562. The van der Waals surface area contributed by atoms with E-state index in [0.29, 0.717) is 13.0 Å². The monoisotopic (exact) mass is 279 g/mol. The predicted octanol–water partition coefficient (Wildman–Crippen LogP) is 4.39. The molecular weight excluding hydrogens is 254 g/mol. The number of unbranched alkanes of at least 4 members (excludes halogenated alkanes) is 4. The molecule has 0 fully saturated rings. The molecule has 1 amide bonds. The molecule has 1 rings (SSSR count). The van der Waals surface area contributed by atoms with E-state index in [9.17, 15) is 4.79 Å². The Kier molecular flexibility index (Phi) is 8.39. The van der Waals surface area contributed by atoms with Crippen LogP contribution in [0.25, 0.3) is 0 Å². The van der Waals surface area contributed by atoms with E-state index in [1.807, 2.05) is 0 Å². The highest BCUT2D eigenvalue weighted by molar-refractivity contribution is 7.98. The van der Waals surface area contributed by atoms with Gasteiger partial charge in [-0.3, -0.25) is 4.79 Å². The van der Waals surface area contributed by atoms with Crippen molar-refractivity contribution in [2.24, 2.45) is 0 Å². The second-order valence-corrected chi connectivity index (χ2v) is 5.67. The van der Waals surface area contributed by atoms with Gasteiger partial charge in [0.1, 0.15) is 0 Å². The highest BCUT2D eigenvalue weighted by Gasteiger charge is 2.01. The lowest BCUT2D eigenvalue weighted by Gasteiger charge is -2.06. The Balaban J connectivity index is 2.15. The van der Waals surface area contributed by atoms with E-state index in [2.05, 4.69) is 42.8 Å². The van der Waals surface area contributed by atoms with Crippen molar-refractivity contribution in [3.05, 3.63) is 29.8 Å². The van der Waals surface area contributed by atoms with Crippen LogP contribution in [0.3, 0.4) is 0 Å². The first-order valence-electron chi connectivity index (χ1n) is 7.16. The van der Waals surface area contributed by atoms with Gasteiger partial charge in [0, 0.05) is 17.9 Å². The van der Waals surface area contributed by atoms with Crippen molar-refractivity contribution in [2.75, 3.05) is 6.26 Å². The summed E-state index contributed by atoms with van der Waals surface area (Å²) >= 11 is 1.73. The van der Waals surface area contributed by atoms with Crippen LogP contribution in [0.5, 0.6) is 0 Å². The third-order valence-electron chi connectivity index (χ3n) is 3.16. The van der Waals surface area contributed by atoms with Crippen molar-refractivity contribution in [1.82, 2.24) is 5.32 Å². The predicted molar refractivity (Wildman–Crippen MR) is 83.4 cm³/mol. The third kappa shape index (κ3) is 7.26. The number of benzene rings is 1. The van der Waals surface area contributed by atoms with Gasteiger partial charge in [0.25, 0.3) is 0 Å². The third-order valence-corrected chi connectivity index (χ3v) is 3.90. The molecule has 0 saturated heterocycles. The number of hydrogen-bond donors (Lipinski definition) is 1. The zero-order valence-electron chi connectivity index (χ0n) is 12.1. The Morgan fingerprint density at radius 2 is 1.79 bits per heavy atom. The molecule has 2 nitrogen and oxygen atoms in total. The van der Waals surface area contributed by atoms with Gasteiger partial charge in [-0.1, -0.05) is 44.7 Å². The number of amides is 1. The molecule has 0 aliphatic rings. The van der Waals surface area contributed by atoms with Crippen LogP contribution in [0.1, 0.15) is 51.0 Å². The molecule has 0 spiro atoms. The second kappa shape index (κ2) is 9.90. The zero-order chi connectivity index (χ0) is 13.9. The van der Waals surface area contributed by atoms with Crippen LogP contribution in [-0.4, -0.2) is 12.2 Å². The minimum Gasteiger partial charge on any atom is -0.352 e. The minimum absolute atomic E-state index is 0.172. The van der Waals surface area contributed by atoms with Crippen LogP contribution in [0.2, 0.25) is 0 Å². The maximum Gasteiger partial charge on any atom is 0.220 e. The molecule has 106 valence electrons. The Labute approximate surface area is 121 Å². The number of hydrogen-bond acceptors (Lipinski definition) is 2. The van der Waals surface area contributed by atoms with Crippen molar-refractivity contribution < 1.29 is 4.79 Å². The lowest BCUT2D eigenvalue weighted by atomic mass is 10.1. The van der Waals surface area contributed by atoms with Crippen molar-refractivity contribution in [2.45, 2.75) is 56.9 Å². The number of carbonyl (C=O) groups excluding carboxylic acids is 1. The standard InChI is InChI=1S/C16H25NOS/c1-3-4-5-6-7-8-16(18)17-13-14-9-11-15(19-2)12-10-14/h9-12H,3-8,13H2,1-2H3,(H,17,18). The second-order valence-electron chi connectivity index (χ2n) is 4.79. The molecule has 0 saturated carbocycles. The molecule has 0 aliphatic carbocycles. The first-order valence-corrected chi connectivity index (χ1v) is 8.38. The van der Waals surface area contributed by atoms with Gasteiger partial charge in [0.15, 0.2) is 0 Å². The first-order chi connectivity index (χ1) is 9.26. The fourth-order valence-corrected chi connectivity index (χ4v) is 2.33. The van der Waals surface area contributed by atoms with Gasteiger partial charge in [-0.15, -0.1) is 11.8 Å². The maximum atomic E-state index is 11.7. The smallest absolute Gasteiger partial charge is 0.220 e. The van der Waals surface area contributed by atoms with Gasteiger partial charge in [0.05, 0.1) is 0 Å². The SMILES string of the molecule is CCCCCCCC(=O)NCc1ccc(SC)cc1. The quantitative estimate of drug-likeness (QED) is 0.536. The molecule has 3 heteroatoms. The van der Waals surface area contributed by atoms with Crippen LogP contribution in [0.4, 0.5) is 0 Å². The fourth-order valence-electron chi connectivity index (χ4n) is 1.92. The summed E-state index contributed by atoms with van der Waals surface area (Å²) in [4.78, 5) is 12.9. The summed E-state index contributed by atoms with van der Waals surface area (Å²) in [7, 11) is 0. The summed E-state index contributed by atoms with van der Waals surface area (Å²) in [5.74, 6) is 0.172. The Hall–Kier alpha value is -0.960. The van der Waals surface area contributed by atoms with E-state index >= 15 is 0 Å². The molecule has 0 aromatic heterocycles. The van der Waals surface area contributed by atoms with E-state index in [4.69, 9.17) is 0 Å². The number of carbonyl (C=O) groups is 1. The van der Waals surface area contributed by atoms with Crippen LogP contribution in [-0.2, 0) is 11.3 Å². The number of nitrogens with one attached hydrogen (secondary N) is 1. The van der Waals surface area contributed by atoms with Gasteiger partial charge in [-0.2, -0.15) is 0 Å². The van der Waals surface area contributed by atoms with E-state index in [-0.39, 0.29) is 5.91 Å². The lowest BCUT2D eigenvalue weighted by molar-refractivity contribution is -0.121. The van der Waals surface area contributed by atoms with Crippen LogP contribution >= 0.6 is 11.8 Å². The number of thioether (sulfide) groups is 1. The molecule has 0 unspecified atom stereocenters. The highest BCUT2D eigenvalue weighted by atomic mass is 32.2. The Morgan fingerprint density at radius 1 is 1.11 bits per heavy atom. The average Bonchev–Trinajstić information content (AvgIpc) is 2.45. The molecule has 0 atom stereocenters. The summed E-state index contributed by atoms with van der Waals surface area (Å²) in [6.07, 6.45) is 8.68. The molecule has 1 N–H and O–H groups in total. The van der Waals surface area contributed by atoms with E-state index < -0.39 is 0 Å². The lowest BCUT2D eigenvalue weighted by Crippen LogP contribution is -2.22. The Bertz CT molecular complexity index is 362. The largest absolute Gasteiger partial charge is 0.352 e. The molecule has 0 aliphatic heterocycles. The van der Waals surface area contributed by atoms with Gasteiger partial charge in [0.2, 0.25) is 5.91 Å². The van der Waals surface area contributed by atoms with Gasteiger partial charge >= 0.3 is 0 Å². The van der Waals surface area contributed by atoms with Crippen LogP contribution in [0.15, 0.2) is 29.2 Å². The van der Waals surface area contributed by atoms with Crippen molar-refractivity contribution in [1.29, 1.82) is 0 Å². The molecule has 1 aromatic carbocycles. The molecule has 1 aromatic rings. The Morgan fingerprint density at radius 3 is 2.42 bits per heavy atom. The first kappa shape index (κ1) is 16.1. The average molecular weight is 279 g/mol. The molecule has 19 heavy (non-hydrogen) atoms. The summed E-state index contributed by atoms with van der Waals surface area (Å²) in [6.45, 7) is 2.84. The van der Waals surface area contributed by atoms with E-state index in [1.165, 1.54) is 30.6 Å². The van der Waals surface area contributed by atoms with Crippen LogP contribution < -0.4 is 5.32 Å². The maximum absolute atomic E-state index is 11.7. The zero-order valence-corrected chi connectivity index (χ0v) is 12.9. The highest BCUT2D eigenvalue weighted by Crippen LogP contribution is 2.14. The van der Waals surface area contributed by atoms with Crippen molar-refractivity contribution in [3.8, 4) is 0 Å². The molecular formula is C16H25NOS. The van der Waals surface area contributed by atoms with Crippen molar-refractivity contribution in [3.63, 3.8) is 0 Å². The summed E-state index contributed by atoms with van der Waals surface area (Å²) in [6, 6.07) is 8.34. The topological polar surface area (TPSA) is 29.1 Å². The normalized spacial score (nSPS) is 10.4. The van der Waals surface area contributed by atoms with Crippen molar-refractivity contribution >= 4 is 17.7 Å². The van der Waals surface area contributed by atoms with Gasteiger partial charge in [-0.25, -0.2) is 0 Å². The summed E-state index contributed by atoms with van der Waals surface area (Å²) < 4.78 is 0. The molecule has 0 heterocycles. The summed E-state index contributed by atoms with van der Waals surface area (Å²) in [5.41, 5.74) is 1.16. The van der Waals surface area contributed by atoms with Crippen LogP contribution in [0, 0.1) is 0 Å². The molecule has 0 bridgehead atoms. The van der Waals surface area contributed by atoms with Gasteiger partial charge < -0.3 is 5.32 Å². The van der Waals surface area contributed by atoms with Gasteiger partial charge in [-0.05, 0) is 30.4 Å². The van der Waals surface area contributed by atoms with E-state index in [1.54, 1.807) is 11.8 Å². The summed E-state index contributed by atoms with van der Waals surface area (Å²) in [5, 5.41) is 2.98. The number of rotatable bonds is 9. The molecule has 0 radical (unpaired) electrons. The minimum atomic E-state index is 0.172.